The van der Waals surface area contributed by atoms with E-state index in [0.29, 0.717) is 5.56 Å². The summed E-state index contributed by atoms with van der Waals surface area (Å²) in [7, 11) is 0. The maximum Gasteiger partial charge on any atom is 0.251 e. The molecule has 19 heavy (non-hydrogen) atoms. The van der Waals surface area contributed by atoms with Crippen LogP contribution in [-0.4, -0.2) is 28.4 Å². The van der Waals surface area contributed by atoms with Gasteiger partial charge in [-0.15, -0.1) is 0 Å². The molecule has 2 N–H and O–H groups in total. The van der Waals surface area contributed by atoms with Crippen LogP contribution in [0.15, 0.2) is 30.5 Å². The van der Waals surface area contributed by atoms with Crippen molar-refractivity contribution in [1.29, 1.82) is 0 Å². The molecule has 102 valence electrons. The first-order valence-electron chi connectivity index (χ1n) is 6.66. The monoisotopic (exact) mass is 276 g/mol. The van der Waals surface area contributed by atoms with Crippen molar-refractivity contribution in [3.8, 4) is 0 Å². The molecule has 0 aliphatic carbocycles. The zero-order valence-electron chi connectivity index (χ0n) is 11.4. The van der Waals surface area contributed by atoms with E-state index in [1.165, 1.54) is 0 Å². The molecule has 1 aromatic heterocycles. The molecule has 1 atom stereocenters. The molecule has 1 amide bonds. The Morgan fingerprint density at radius 2 is 2.26 bits per heavy atom. The van der Waals surface area contributed by atoms with Crippen molar-refractivity contribution >= 4 is 28.6 Å². The minimum Gasteiger partial charge on any atom is -0.361 e. The number of benzene rings is 1. The van der Waals surface area contributed by atoms with Gasteiger partial charge in [0.25, 0.3) is 5.91 Å². The molecule has 0 bridgehead atoms. The number of aromatic amines is 1. The summed E-state index contributed by atoms with van der Waals surface area (Å²) in [6.45, 7) is 4.21. The Kier molecular flexibility index (Phi) is 4.91. The molecule has 4 heteroatoms. The van der Waals surface area contributed by atoms with Gasteiger partial charge in [-0.3, -0.25) is 4.79 Å². The molecule has 0 spiro atoms. The average molecular weight is 276 g/mol. The second kappa shape index (κ2) is 6.66. The highest BCUT2D eigenvalue weighted by atomic mass is 32.2. The van der Waals surface area contributed by atoms with Crippen molar-refractivity contribution in [2.24, 2.45) is 0 Å². The summed E-state index contributed by atoms with van der Waals surface area (Å²) >= 11 is 1.91. The van der Waals surface area contributed by atoms with E-state index in [2.05, 4.69) is 24.1 Å². The van der Waals surface area contributed by atoms with Crippen LogP contribution in [0.2, 0.25) is 0 Å². The summed E-state index contributed by atoms with van der Waals surface area (Å²) in [6.07, 6.45) is 2.89. The summed E-state index contributed by atoms with van der Waals surface area (Å²) in [5.74, 6) is 2.23. The van der Waals surface area contributed by atoms with E-state index in [4.69, 9.17) is 0 Å². The standard InChI is InChI=1S/C15H20N2OS/c1-3-19-9-7-11(2)17-15(18)13-5-4-12-6-8-16-14(12)10-13/h4-6,8,10-11,16H,3,7,9H2,1-2H3,(H,17,18). The molecule has 1 unspecified atom stereocenters. The van der Waals surface area contributed by atoms with E-state index in [-0.39, 0.29) is 11.9 Å². The number of aromatic nitrogens is 1. The number of carbonyl (C=O) groups is 1. The van der Waals surface area contributed by atoms with Crippen LogP contribution >= 0.6 is 11.8 Å². The number of nitrogens with one attached hydrogen (secondary N) is 2. The largest absolute Gasteiger partial charge is 0.361 e. The smallest absolute Gasteiger partial charge is 0.251 e. The van der Waals surface area contributed by atoms with Gasteiger partial charge in [-0.25, -0.2) is 0 Å². The number of H-pyrrole nitrogens is 1. The zero-order valence-corrected chi connectivity index (χ0v) is 12.2. The minimum atomic E-state index is 0.00509. The van der Waals surface area contributed by atoms with E-state index >= 15 is 0 Å². The third-order valence-electron chi connectivity index (χ3n) is 3.09. The van der Waals surface area contributed by atoms with Gasteiger partial charge >= 0.3 is 0 Å². The normalized spacial score (nSPS) is 12.5. The SMILES string of the molecule is CCSCCC(C)NC(=O)c1ccc2cc[nH]c2c1. The maximum absolute atomic E-state index is 12.1. The third-order valence-corrected chi connectivity index (χ3v) is 4.03. The number of rotatable bonds is 6. The Morgan fingerprint density at radius 1 is 1.42 bits per heavy atom. The Labute approximate surface area is 118 Å². The Balaban J connectivity index is 1.95. The maximum atomic E-state index is 12.1. The molecule has 1 heterocycles. The predicted octanol–water partition coefficient (Wildman–Crippen LogP) is 3.43. The van der Waals surface area contributed by atoms with Crippen LogP contribution in [-0.2, 0) is 0 Å². The van der Waals surface area contributed by atoms with Gasteiger partial charge in [-0.2, -0.15) is 11.8 Å². The van der Waals surface area contributed by atoms with Crippen LogP contribution in [0.4, 0.5) is 0 Å². The van der Waals surface area contributed by atoms with E-state index in [0.717, 1.165) is 28.8 Å². The highest BCUT2D eigenvalue weighted by molar-refractivity contribution is 7.99. The van der Waals surface area contributed by atoms with Crippen LogP contribution in [0.5, 0.6) is 0 Å². The molecule has 3 nitrogen and oxygen atoms in total. The summed E-state index contributed by atoms with van der Waals surface area (Å²) < 4.78 is 0. The van der Waals surface area contributed by atoms with Gasteiger partial charge < -0.3 is 10.3 Å². The molecular formula is C15H20N2OS. The fraction of sp³-hybridized carbons (Fsp3) is 0.400. The van der Waals surface area contributed by atoms with Crippen LogP contribution in [0.25, 0.3) is 10.9 Å². The Bertz CT molecular complexity index is 550. The lowest BCUT2D eigenvalue weighted by Gasteiger charge is -2.13. The van der Waals surface area contributed by atoms with Gasteiger partial charge in [0.15, 0.2) is 0 Å². The van der Waals surface area contributed by atoms with Gasteiger partial charge in [0.05, 0.1) is 0 Å². The summed E-state index contributed by atoms with van der Waals surface area (Å²) in [6, 6.07) is 7.96. The van der Waals surface area contributed by atoms with Gasteiger partial charge in [0.1, 0.15) is 0 Å². The molecule has 0 aliphatic heterocycles. The van der Waals surface area contributed by atoms with E-state index < -0.39 is 0 Å². The first kappa shape index (κ1) is 14.0. The summed E-state index contributed by atoms with van der Waals surface area (Å²) in [5.41, 5.74) is 1.71. The van der Waals surface area contributed by atoms with Crippen LogP contribution in [0.1, 0.15) is 30.6 Å². The topological polar surface area (TPSA) is 44.9 Å². The molecule has 0 radical (unpaired) electrons. The van der Waals surface area contributed by atoms with Gasteiger partial charge in [0, 0.05) is 23.3 Å². The van der Waals surface area contributed by atoms with Crippen molar-refractivity contribution < 1.29 is 4.79 Å². The van der Waals surface area contributed by atoms with Crippen LogP contribution in [0.3, 0.4) is 0 Å². The fourth-order valence-corrected chi connectivity index (χ4v) is 2.78. The van der Waals surface area contributed by atoms with Gasteiger partial charge in [-0.05, 0) is 48.4 Å². The molecule has 1 aromatic carbocycles. The molecule has 0 aliphatic rings. The average Bonchev–Trinajstić information content (AvgIpc) is 2.86. The van der Waals surface area contributed by atoms with Gasteiger partial charge in [-0.1, -0.05) is 13.0 Å². The fourth-order valence-electron chi connectivity index (χ4n) is 1.97. The molecular weight excluding hydrogens is 256 g/mol. The minimum absolute atomic E-state index is 0.00509. The molecule has 0 saturated heterocycles. The Hall–Kier alpha value is -1.42. The lowest BCUT2D eigenvalue weighted by Crippen LogP contribution is -2.32. The second-order valence-corrected chi connectivity index (χ2v) is 6.03. The van der Waals surface area contributed by atoms with Crippen molar-refractivity contribution in [1.82, 2.24) is 10.3 Å². The van der Waals surface area contributed by atoms with Crippen molar-refractivity contribution in [3.63, 3.8) is 0 Å². The zero-order chi connectivity index (χ0) is 13.7. The van der Waals surface area contributed by atoms with E-state index in [1.54, 1.807) is 0 Å². The molecule has 0 saturated carbocycles. The van der Waals surface area contributed by atoms with Crippen molar-refractivity contribution in [2.45, 2.75) is 26.3 Å². The number of thioether (sulfide) groups is 1. The summed E-state index contributed by atoms with van der Waals surface area (Å²) in [5, 5.41) is 4.17. The Morgan fingerprint density at radius 3 is 3.05 bits per heavy atom. The van der Waals surface area contributed by atoms with Crippen LogP contribution < -0.4 is 5.32 Å². The van der Waals surface area contributed by atoms with Crippen LogP contribution in [0, 0.1) is 0 Å². The summed E-state index contributed by atoms with van der Waals surface area (Å²) in [4.78, 5) is 15.2. The molecule has 2 rings (SSSR count). The first-order chi connectivity index (χ1) is 9.20. The number of hydrogen-bond acceptors (Lipinski definition) is 2. The number of carbonyl (C=O) groups excluding carboxylic acids is 1. The number of hydrogen-bond donors (Lipinski definition) is 2. The van der Waals surface area contributed by atoms with Gasteiger partial charge in [0.2, 0.25) is 0 Å². The lowest BCUT2D eigenvalue weighted by molar-refractivity contribution is 0.0939. The molecule has 2 aromatic rings. The first-order valence-corrected chi connectivity index (χ1v) is 7.82. The predicted molar refractivity (Wildman–Crippen MR) is 82.8 cm³/mol. The van der Waals surface area contributed by atoms with E-state index in [9.17, 15) is 4.79 Å². The highest BCUT2D eigenvalue weighted by Gasteiger charge is 2.10. The number of fused-ring (bicyclic) bond motifs is 1. The highest BCUT2D eigenvalue weighted by Crippen LogP contribution is 2.14. The lowest BCUT2D eigenvalue weighted by atomic mass is 10.1. The van der Waals surface area contributed by atoms with E-state index in [1.807, 2.05) is 42.2 Å². The molecule has 0 fully saturated rings. The second-order valence-electron chi connectivity index (χ2n) is 4.64. The third kappa shape index (κ3) is 3.77. The van der Waals surface area contributed by atoms with Crippen molar-refractivity contribution in [2.75, 3.05) is 11.5 Å². The quantitative estimate of drug-likeness (QED) is 0.794. The van der Waals surface area contributed by atoms with Crippen molar-refractivity contribution in [3.05, 3.63) is 36.0 Å². The number of amides is 1.